The fourth-order valence-corrected chi connectivity index (χ4v) is 7.49. The Hall–Kier alpha value is -4.46. The average molecular weight is 707 g/mol. The van der Waals surface area contributed by atoms with E-state index in [2.05, 4.69) is 34.3 Å². The van der Waals surface area contributed by atoms with Crippen LogP contribution in [0.25, 0.3) is 16.7 Å². The largest absolute Gasteiger partial charge is 0.497 e. The highest BCUT2D eigenvalue weighted by atomic mass is 32.2. The van der Waals surface area contributed by atoms with E-state index in [1.807, 2.05) is 30.5 Å². The molecule has 13 nitrogen and oxygen atoms in total. The molecule has 2 aliphatic carbocycles. The first kappa shape index (κ1) is 35.4. The summed E-state index contributed by atoms with van der Waals surface area (Å²) < 4.78 is 40.6. The number of pyridine rings is 1. The summed E-state index contributed by atoms with van der Waals surface area (Å²) in [5.74, 6) is -0.100. The van der Waals surface area contributed by atoms with Crippen molar-refractivity contribution in [3.8, 4) is 17.3 Å². The van der Waals surface area contributed by atoms with Crippen molar-refractivity contribution in [2.75, 3.05) is 13.7 Å². The minimum atomic E-state index is -3.93. The molecule has 50 heavy (non-hydrogen) atoms. The summed E-state index contributed by atoms with van der Waals surface area (Å²) in [5, 5.41) is 11.1. The first-order chi connectivity index (χ1) is 23.8. The molecule has 3 heterocycles. The number of sulfonamides is 1. The summed E-state index contributed by atoms with van der Waals surface area (Å²) in [4.78, 5) is 45.3. The number of amides is 3. The van der Waals surface area contributed by atoms with Crippen molar-refractivity contribution in [2.45, 2.75) is 101 Å². The van der Waals surface area contributed by atoms with Crippen molar-refractivity contribution in [1.82, 2.24) is 30.1 Å². The van der Waals surface area contributed by atoms with Crippen LogP contribution in [0.5, 0.6) is 11.5 Å². The Bertz CT molecular complexity index is 1920. The minimum absolute atomic E-state index is 0.0363. The van der Waals surface area contributed by atoms with Gasteiger partial charge in [0.15, 0.2) is 5.82 Å². The molecule has 2 aromatic heterocycles. The Labute approximate surface area is 292 Å². The molecule has 0 radical (unpaired) electrons. The van der Waals surface area contributed by atoms with Crippen LogP contribution in [0.2, 0.25) is 0 Å². The summed E-state index contributed by atoms with van der Waals surface area (Å²) in [6.45, 7) is 5.76. The maximum Gasteiger partial charge on any atom is 0.259 e. The van der Waals surface area contributed by atoms with Gasteiger partial charge in [0.1, 0.15) is 23.1 Å². The van der Waals surface area contributed by atoms with Gasteiger partial charge in [0.25, 0.3) is 5.91 Å². The monoisotopic (exact) mass is 706 g/mol. The third kappa shape index (κ3) is 7.49. The van der Waals surface area contributed by atoms with Gasteiger partial charge in [0.2, 0.25) is 21.8 Å². The van der Waals surface area contributed by atoms with Gasteiger partial charge in [0, 0.05) is 42.5 Å². The van der Waals surface area contributed by atoms with E-state index in [4.69, 9.17) is 14.5 Å². The second-order valence-electron chi connectivity index (χ2n) is 14.1. The number of aromatic nitrogens is 3. The van der Waals surface area contributed by atoms with Crippen molar-refractivity contribution < 1.29 is 32.3 Å². The van der Waals surface area contributed by atoms with Crippen molar-refractivity contribution in [3.63, 3.8) is 0 Å². The highest BCUT2D eigenvalue weighted by Gasteiger charge is 2.62. The van der Waals surface area contributed by atoms with Crippen LogP contribution in [0.1, 0.15) is 90.2 Å². The Balaban J connectivity index is 1.24. The van der Waals surface area contributed by atoms with Gasteiger partial charge in [-0.2, -0.15) is 5.10 Å². The minimum Gasteiger partial charge on any atom is -0.497 e. The molecule has 0 saturated heterocycles. The summed E-state index contributed by atoms with van der Waals surface area (Å²) in [7, 11) is -2.35. The Morgan fingerprint density at radius 1 is 1.14 bits per heavy atom. The van der Waals surface area contributed by atoms with Gasteiger partial charge in [-0.1, -0.05) is 32.4 Å². The third-order valence-corrected chi connectivity index (χ3v) is 12.1. The van der Waals surface area contributed by atoms with E-state index < -0.39 is 38.2 Å². The van der Waals surface area contributed by atoms with Gasteiger partial charge in [0.05, 0.1) is 29.7 Å². The van der Waals surface area contributed by atoms with Crippen LogP contribution in [0.4, 0.5) is 0 Å². The second-order valence-corrected chi connectivity index (χ2v) is 16.3. The van der Waals surface area contributed by atoms with E-state index in [0.29, 0.717) is 42.1 Å². The first-order valence-electron chi connectivity index (χ1n) is 17.4. The van der Waals surface area contributed by atoms with E-state index in [1.54, 1.807) is 36.9 Å². The van der Waals surface area contributed by atoms with Crippen LogP contribution in [0, 0.1) is 5.92 Å². The van der Waals surface area contributed by atoms with Crippen molar-refractivity contribution in [2.24, 2.45) is 5.92 Å². The average Bonchev–Trinajstić information content (AvgIpc) is 3.94. The SMILES string of the molecule is COc1ccc2c(OCC[C@@H]3NC(=O)CCCCC/C=C\[C@@H]4C[C@@]4(C(=O)NS(=O)(=O)C4(C)CC4)NC3=O)cc(-n3ccc(C(C)C)n3)nc2c1. The molecule has 2 fully saturated rings. The van der Waals surface area contributed by atoms with Gasteiger partial charge in [-0.25, -0.2) is 18.1 Å². The first-order valence-corrected chi connectivity index (χ1v) is 18.8. The van der Waals surface area contributed by atoms with E-state index in [9.17, 15) is 22.8 Å². The van der Waals surface area contributed by atoms with Gasteiger partial charge in [-0.05, 0) is 69.6 Å². The molecule has 268 valence electrons. The summed E-state index contributed by atoms with van der Waals surface area (Å²) in [6.07, 6.45) is 10.4. The number of rotatable bonds is 10. The molecule has 3 amide bonds. The Morgan fingerprint density at radius 2 is 1.94 bits per heavy atom. The number of hydrogen-bond donors (Lipinski definition) is 3. The molecule has 2 saturated carbocycles. The molecule has 3 aliphatic rings. The lowest BCUT2D eigenvalue weighted by Gasteiger charge is -2.24. The summed E-state index contributed by atoms with van der Waals surface area (Å²) in [5.41, 5.74) is 0.0984. The number of carbonyl (C=O) groups is 3. The summed E-state index contributed by atoms with van der Waals surface area (Å²) >= 11 is 0. The maximum absolute atomic E-state index is 13.9. The molecule has 3 atom stereocenters. The number of allylic oxidation sites excluding steroid dienone is 1. The predicted molar refractivity (Wildman–Crippen MR) is 187 cm³/mol. The molecular weight excluding hydrogens is 660 g/mol. The molecule has 6 rings (SSSR count). The number of methoxy groups -OCH3 is 1. The standard InChI is InChI=1S/C36H46N6O7S/c1-23(2)27-14-18-42(40-27)31-21-30(26-13-12-25(48-4)20-29(26)37-31)49-19-15-28-33(44)39-36(34(45)41-50(46,47)35(3)16-17-35)22-24(36)10-8-6-5-7-9-11-32(43)38-28/h8,10,12-14,18,20-21,23-24,28H,5-7,9,11,15-17,19,22H2,1-4H3,(H,38,43)(H,39,44)(H,41,45)/b10-8-/t24-,28+,36-/m1/s1. The van der Waals surface area contributed by atoms with Crippen LogP contribution in [-0.2, 0) is 24.4 Å². The molecule has 3 aromatic rings. The topological polar surface area (TPSA) is 171 Å². The van der Waals surface area contributed by atoms with Gasteiger partial charge in [-0.15, -0.1) is 0 Å². The fourth-order valence-electron chi connectivity index (χ4n) is 6.18. The lowest BCUT2D eigenvalue weighted by Crippen LogP contribution is -2.57. The molecule has 0 bridgehead atoms. The molecule has 0 spiro atoms. The molecule has 3 N–H and O–H groups in total. The lowest BCUT2D eigenvalue weighted by molar-refractivity contribution is -0.132. The zero-order valence-electron chi connectivity index (χ0n) is 29.0. The van der Waals surface area contributed by atoms with Crippen LogP contribution in [0.3, 0.4) is 0 Å². The highest BCUT2D eigenvalue weighted by molar-refractivity contribution is 7.91. The highest BCUT2D eigenvalue weighted by Crippen LogP contribution is 2.47. The molecule has 1 aliphatic heterocycles. The van der Waals surface area contributed by atoms with Crippen molar-refractivity contribution >= 4 is 38.6 Å². The van der Waals surface area contributed by atoms with Crippen LogP contribution in [0.15, 0.2) is 48.7 Å². The van der Waals surface area contributed by atoms with Gasteiger partial charge >= 0.3 is 0 Å². The van der Waals surface area contributed by atoms with Crippen LogP contribution < -0.4 is 24.8 Å². The number of fused-ring (bicyclic) bond motifs is 2. The van der Waals surface area contributed by atoms with E-state index in [0.717, 1.165) is 30.3 Å². The second kappa shape index (κ2) is 14.0. The maximum atomic E-state index is 13.9. The van der Waals surface area contributed by atoms with E-state index >= 15 is 0 Å². The van der Waals surface area contributed by atoms with Gasteiger partial charge < -0.3 is 20.1 Å². The number of hydrogen-bond acceptors (Lipinski definition) is 9. The zero-order valence-corrected chi connectivity index (χ0v) is 29.8. The smallest absolute Gasteiger partial charge is 0.259 e. The number of ether oxygens (including phenoxy) is 2. The quantitative estimate of drug-likeness (QED) is 0.262. The number of benzene rings is 1. The number of carbonyl (C=O) groups excluding carboxylic acids is 3. The summed E-state index contributed by atoms with van der Waals surface area (Å²) in [6, 6.07) is 8.13. The van der Waals surface area contributed by atoms with Crippen molar-refractivity contribution in [1.29, 1.82) is 0 Å². The van der Waals surface area contributed by atoms with E-state index in [-0.39, 0.29) is 43.6 Å². The molecule has 14 heteroatoms. The van der Waals surface area contributed by atoms with Crippen LogP contribution in [-0.4, -0.2) is 70.9 Å². The predicted octanol–water partition coefficient (Wildman–Crippen LogP) is 4.20. The van der Waals surface area contributed by atoms with Crippen LogP contribution >= 0.6 is 0 Å². The third-order valence-electron chi connectivity index (χ3n) is 9.96. The lowest BCUT2D eigenvalue weighted by atomic mass is 10.1. The zero-order chi connectivity index (χ0) is 35.7. The normalized spacial score (nSPS) is 24.3. The Morgan fingerprint density at radius 3 is 2.66 bits per heavy atom. The Kier molecular flexibility index (Phi) is 9.93. The molecular formula is C36H46N6O7S. The van der Waals surface area contributed by atoms with E-state index in [1.165, 1.54) is 0 Å². The fraction of sp³-hybridized carbons (Fsp3) is 0.528. The number of nitrogens with zero attached hydrogens (tertiary/aromatic N) is 3. The number of nitrogens with one attached hydrogen (secondary N) is 3. The molecule has 0 unspecified atom stereocenters. The van der Waals surface area contributed by atoms with Crippen molar-refractivity contribution in [3.05, 3.63) is 54.4 Å². The van der Waals surface area contributed by atoms with Gasteiger partial charge in [-0.3, -0.25) is 19.1 Å². The molecule has 1 aromatic carbocycles.